The molecule has 0 radical (unpaired) electrons. The Morgan fingerprint density at radius 2 is 1.71 bits per heavy atom. The van der Waals surface area contributed by atoms with E-state index in [4.69, 9.17) is 27.9 Å². The molecule has 4 atom stereocenters. The number of likely N-dealkylation sites (N-methyl/N-ethyl adjacent to an activating group) is 1. The molecule has 5 rings (SSSR count). The second-order valence-electron chi connectivity index (χ2n) is 13.3. The molecule has 1 aromatic rings. The molecule has 2 saturated heterocycles. The van der Waals surface area contributed by atoms with E-state index in [0.29, 0.717) is 25.6 Å². The molecule has 0 unspecified atom stereocenters. The molecular formula is C29H41Cl2N5O5S. The molecule has 0 bridgehead atoms. The number of nitrogens with one attached hydrogen (secondary N) is 2. The number of rotatable bonds is 9. The fourth-order valence-corrected chi connectivity index (χ4v) is 8.22. The van der Waals surface area contributed by atoms with E-state index in [1.54, 1.807) is 16.7 Å². The summed E-state index contributed by atoms with van der Waals surface area (Å²) in [7, 11) is 1.53. The van der Waals surface area contributed by atoms with Gasteiger partial charge in [-0.25, -0.2) is 4.98 Å². The van der Waals surface area contributed by atoms with Gasteiger partial charge in [-0.05, 0) is 37.5 Å². The van der Waals surface area contributed by atoms with Crippen molar-refractivity contribution in [1.82, 2.24) is 25.4 Å². The number of halogens is 2. The average Bonchev–Trinajstić information content (AvgIpc) is 3.24. The van der Waals surface area contributed by atoms with Gasteiger partial charge in [0.15, 0.2) is 9.62 Å². The van der Waals surface area contributed by atoms with Crippen LogP contribution in [0.4, 0.5) is 0 Å². The summed E-state index contributed by atoms with van der Waals surface area (Å²) in [6.07, 6.45) is 6.15. The summed E-state index contributed by atoms with van der Waals surface area (Å²) in [6.45, 7) is 7.67. The van der Waals surface area contributed by atoms with Gasteiger partial charge in [0.05, 0.1) is 12.0 Å². The van der Waals surface area contributed by atoms with Crippen LogP contribution in [0.5, 0.6) is 0 Å². The molecule has 2 aliphatic heterocycles. The van der Waals surface area contributed by atoms with Crippen LogP contribution in [0.1, 0.15) is 69.0 Å². The SMILES string of the molecule is CNC(=O)[C@@H](NC(=O)[C@H]1CN(C(=O)c2sc(Cl)nc2Cl)CC12CN(C(=O)[C@H]1CC1(C)C)C2)[C@@H](C)OCC1CCCCC1. The van der Waals surface area contributed by atoms with Gasteiger partial charge in [-0.1, -0.05) is 67.6 Å². The summed E-state index contributed by atoms with van der Waals surface area (Å²) in [4.78, 5) is 61.1. The van der Waals surface area contributed by atoms with E-state index in [0.717, 1.165) is 30.6 Å². The monoisotopic (exact) mass is 641 g/mol. The van der Waals surface area contributed by atoms with Crippen molar-refractivity contribution in [3.63, 3.8) is 0 Å². The van der Waals surface area contributed by atoms with Crippen LogP contribution in [0.25, 0.3) is 0 Å². The minimum absolute atomic E-state index is 0.00895. The average molecular weight is 643 g/mol. The molecule has 3 heterocycles. The molecule has 10 nitrogen and oxygen atoms in total. The Balaban J connectivity index is 1.31. The first kappa shape index (κ1) is 31.5. The van der Waals surface area contributed by atoms with Crippen LogP contribution in [-0.2, 0) is 19.1 Å². The summed E-state index contributed by atoms with van der Waals surface area (Å²) in [5.41, 5.74) is -0.639. The van der Waals surface area contributed by atoms with Gasteiger partial charge in [-0.3, -0.25) is 19.2 Å². The molecule has 2 aliphatic carbocycles. The number of nitrogens with zero attached hydrogens (tertiary/aromatic N) is 3. The highest BCUT2D eigenvalue weighted by atomic mass is 35.5. The van der Waals surface area contributed by atoms with Gasteiger partial charge in [0.2, 0.25) is 17.7 Å². The highest BCUT2D eigenvalue weighted by Gasteiger charge is 2.62. The van der Waals surface area contributed by atoms with Crippen molar-refractivity contribution in [2.24, 2.45) is 28.6 Å². The standard InChI is InChI=1S/C29H41Cl2N5O5S/c1-16(41-12-17-8-6-5-7-9-17)20(24(38)32-4)33-23(37)19-11-35(26(40)21-22(30)34-27(31)42-21)13-29(19)14-36(15-29)25(39)18-10-28(18,2)3/h16-20H,5-15H2,1-4H3,(H,32,38)(H,33,37)/t16-,18-,19-,20+/m1/s1. The normalized spacial score (nSPS) is 26.0. The van der Waals surface area contributed by atoms with Gasteiger partial charge in [0.1, 0.15) is 10.9 Å². The molecule has 2 saturated carbocycles. The number of ether oxygens (including phenoxy) is 1. The van der Waals surface area contributed by atoms with E-state index >= 15 is 0 Å². The number of carbonyl (C=O) groups is 4. The van der Waals surface area contributed by atoms with Crippen LogP contribution in [0.15, 0.2) is 0 Å². The molecule has 2 N–H and O–H groups in total. The van der Waals surface area contributed by atoms with E-state index in [2.05, 4.69) is 29.5 Å². The van der Waals surface area contributed by atoms with Crippen molar-refractivity contribution in [2.75, 3.05) is 39.8 Å². The van der Waals surface area contributed by atoms with Crippen LogP contribution < -0.4 is 10.6 Å². The van der Waals surface area contributed by atoms with Gasteiger partial charge >= 0.3 is 0 Å². The number of carbonyl (C=O) groups excluding carboxylic acids is 4. The number of likely N-dealkylation sites (tertiary alicyclic amines) is 2. The van der Waals surface area contributed by atoms with Crippen LogP contribution in [0.2, 0.25) is 9.62 Å². The summed E-state index contributed by atoms with van der Waals surface area (Å²) in [5.74, 6) is -1.11. The van der Waals surface area contributed by atoms with Crippen molar-refractivity contribution < 1.29 is 23.9 Å². The van der Waals surface area contributed by atoms with Crippen molar-refractivity contribution in [1.29, 1.82) is 0 Å². The number of aromatic nitrogens is 1. The summed E-state index contributed by atoms with van der Waals surface area (Å²) >= 11 is 13.2. The second kappa shape index (κ2) is 12.2. The molecular weight excluding hydrogens is 601 g/mol. The Morgan fingerprint density at radius 3 is 2.29 bits per heavy atom. The van der Waals surface area contributed by atoms with Crippen molar-refractivity contribution in [3.05, 3.63) is 14.5 Å². The molecule has 13 heteroatoms. The van der Waals surface area contributed by atoms with E-state index < -0.39 is 23.5 Å². The first-order valence-corrected chi connectivity index (χ1v) is 16.5. The fourth-order valence-electron chi connectivity index (χ4n) is 6.88. The quantitative estimate of drug-likeness (QED) is 0.425. The molecule has 42 heavy (non-hydrogen) atoms. The molecule has 4 amide bonds. The summed E-state index contributed by atoms with van der Waals surface area (Å²) < 4.78 is 6.29. The van der Waals surface area contributed by atoms with Crippen LogP contribution in [0, 0.1) is 28.6 Å². The van der Waals surface area contributed by atoms with Gasteiger partial charge in [0.25, 0.3) is 5.91 Å². The lowest BCUT2D eigenvalue weighted by Gasteiger charge is -2.50. The molecule has 4 aliphatic rings. The molecule has 0 aromatic carbocycles. The number of thiazole rings is 1. The minimum Gasteiger partial charge on any atom is -0.376 e. The Bertz CT molecular complexity index is 1230. The molecule has 4 fully saturated rings. The van der Waals surface area contributed by atoms with Gasteiger partial charge in [-0.15, -0.1) is 0 Å². The molecule has 1 spiro atoms. The van der Waals surface area contributed by atoms with E-state index in [-0.39, 0.29) is 62.5 Å². The first-order valence-electron chi connectivity index (χ1n) is 14.9. The molecule has 232 valence electrons. The number of amides is 4. The lowest BCUT2D eigenvalue weighted by Crippen LogP contribution is -2.65. The van der Waals surface area contributed by atoms with Crippen molar-refractivity contribution in [2.45, 2.75) is 71.4 Å². The smallest absolute Gasteiger partial charge is 0.267 e. The zero-order valence-electron chi connectivity index (χ0n) is 24.7. The number of hydrogen-bond donors (Lipinski definition) is 2. The lowest BCUT2D eigenvalue weighted by molar-refractivity contribution is -0.152. The third-order valence-electron chi connectivity index (χ3n) is 9.76. The molecule has 1 aromatic heterocycles. The fraction of sp³-hybridized carbons (Fsp3) is 0.759. The zero-order chi connectivity index (χ0) is 30.4. The lowest BCUT2D eigenvalue weighted by atomic mass is 9.70. The predicted molar refractivity (Wildman–Crippen MR) is 160 cm³/mol. The zero-order valence-corrected chi connectivity index (χ0v) is 27.0. The largest absolute Gasteiger partial charge is 0.376 e. The number of hydrogen-bond acceptors (Lipinski definition) is 7. The Hall–Kier alpha value is -1.95. The first-order chi connectivity index (χ1) is 19.8. The van der Waals surface area contributed by atoms with E-state index in [9.17, 15) is 19.2 Å². The van der Waals surface area contributed by atoms with Crippen molar-refractivity contribution in [3.8, 4) is 0 Å². The summed E-state index contributed by atoms with van der Waals surface area (Å²) in [6, 6.07) is -0.896. The summed E-state index contributed by atoms with van der Waals surface area (Å²) in [5, 5.41) is 5.63. The van der Waals surface area contributed by atoms with E-state index in [1.807, 2.05) is 0 Å². The minimum atomic E-state index is -0.896. The van der Waals surface area contributed by atoms with E-state index in [1.165, 1.54) is 26.3 Å². The Kier molecular flexibility index (Phi) is 9.15. The third kappa shape index (κ3) is 6.30. The van der Waals surface area contributed by atoms with Gasteiger partial charge in [-0.2, -0.15) is 0 Å². The van der Waals surface area contributed by atoms with Crippen LogP contribution in [0.3, 0.4) is 0 Å². The Labute approximate surface area is 261 Å². The maximum atomic E-state index is 14.0. The highest BCUT2D eigenvalue weighted by Crippen LogP contribution is 2.54. The van der Waals surface area contributed by atoms with Gasteiger partial charge < -0.3 is 25.2 Å². The maximum absolute atomic E-state index is 14.0. The topological polar surface area (TPSA) is 121 Å². The predicted octanol–water partition coefficient (Wildman–Crippen LogP) is 3.61. The Morgan fingerprint density at radius 1 is 1.07 bits per heavy atom. The third-order valence-corrected chi connectivity index (χ3v) is 11.3. The van der Waals surface area contributed by atoms with Crippen LogP contribution in [-0.4, -0.2) is 90.4 Å². The maximum Gasteiger partial charge on any atom is 0.267 e. The highest BCUT2D eigenvalue weighted by molar-refractivity contribution is 7.18. The van der Waals surface area contributed by atoms with Crippen molar-refractivity contribution >= 4 is 58.2 Å². The second-order valence-corrected chi connectivity index (χ2v) is 15.2. The van der Waals surface area contributed by atoms with Crippen LogP contribution >= 0.6 is 34.5 Å². The van der Waals surface area contributed by atoms with Gasteiger partial charge in [0, 0.05) is 51.2 Å².